The highest BCUT2D eigenvalue weighted by molar-refractivity contribution is 9.10. The van der Waals surface area contributed by atoms with Crippen LogP contribution in [-0.2, 0) is 26.2 Å². The molecule has 1 atom stereocenters. The van der Waals surface area contributed by atoms with Crippen LogP contribution in [0.5, 0.6) is 0 Å². The molecule has 2 amide bonds. The number of halogens is 1. The molecule has 0 fully saturated rings. The smallest absolute Gasteiger partial charge is 0.244 e. The summed E-state index contributed by atoms with van der Waals surface area (Å²) in [6, 6.07) is 15.2. The summed E-state index contributed by atoms with van der Waals surface area (Å²) in [4.78, 5) is 27.5. The number of benzene rings is 2. The van der Waals surface area contributed by atoms with Crippen molar-refractivity contribution in [3.05, 3.63) is 64.6 Å². The quantitative estimate of drug-likeness (QED) is 0.456. The molecule has 0 radical (unpaired) electrons. The molecule has 0 unspecified atom stereocenters. The molecule has 2 rings (SSSR count). The summed E-state index contributed by atoms with van der Waals surface area (Å²) in [5, 5.41) is 2.86. The molecule has 0 saturated heterocycles. The first-order valence-corrected chi connectivity index (χ1v) is 13.1. The standard InChI is InChI=1S/C23H30BrN3O4S/c1-4-5-15-25-23(29)18(2)26(16-19-9-7-6-8-10-19)22(28)17-27(32(3,30)31)21-13-11-20(24)12-14-21/h6-14,18H,4-5,15-17H2,1-3H3,(H,25,29)/t18-/m1/s1. The molecule has 0 aromatic heterocycles. The summed E-state index contributed by atoms with van der Waals surface area (Å²) < 4.78 is 26.8. The van der Waals surface area contributed by atoms with Crippen molar-refractivity contribution in [2.45, 2.75) is 39.3 Å². The molecule has 0 spiro atoms. The number of sulfonamides is 1. The average molecular weight is 524 g/mol. The maximum Gasteiger partial charge on any atom is 0.244 e. The molecule has 9 heteroatoms. The molecule has 0 saturated carbocycles. The van der Waals surface area contributed by atoms with E-state index in [-0.39, 0.29) is 12.5 Å². The third-order valence-corrected chi connectivity index (χ3v) is 6.66. The van der Waals surface area contributed by atoms with Gasteiger partial charge in [0.15, 0.2) is 0 Å². The monoisotopic (exact) mass is 523 g/mol. The van der Waals surface area contributed by atoms with E-state index >= 15 is 0 Å². The fourth-order valence-corrected chi connectivity index (χ4v) is 4.23. The Morgan fingerprint density at radius 3 is 2.25 bits per heavy atom. The number of hydrogen-bond acceptors (Lipinski definition) is 4. The van der Waals surface area contributed by atoms with Crippen LogP contribution < -0.4 is 9.62 Å². The third-order valence-electron chi connectivity index (χ3n) is 4.99. The zero-order valence-electron chi connectivity index (χ0n) is 18.6. The number of anilines is 1. The molecule has 2 aromatic carbocycles. The lowest BCUT2D eigenvalue weighted by Crippen LogP contribution is -2.51. The van der Waals surface area contributed by atoms with Crippen LogP contribution in [0, 0.1) is 0 Å². The van der Waals surface area contributed by atoms with E-state index in [1.165, 1.54) is 4.90 Å². The van der Waals surface area contributed by atoms with E-state index in [9.17, 15) is 18.0 Å². The van der Waals surface area contributed by atoms with Crippen LogP contribution >= 0.6 is 15.9 Å². The van der Waals surface area contributed by atoms with Crippen molar-refractivity contribution in [1.29, 1.82) is 0 Å². The van der Waals surface area contributed by atoms with Gasteiger partial charge in [0.1, 0.15) is 12.6 Å². The lowest BCUT2D eigenvalue weighted by atomic mass is 10.1. The van der Waals surface area contributed by atoms with Crippen molar-refractivity contribution < 1.29 is 18.0 Å². The van der Waals surface area contributed by atoms with Gasteiger partial charge < -0.3 is 10.2 Å². The van der Waals surface area contributed by atoms with Gasteiger partial charge in [-0.15, -0.1) is 0 Å². The molecular weight excluding hydrogens is 494 g/mol. The van der Waals surface area contributed by atoms with Crippen LogP contribution in [0.25, 0.3) is 0 Å². The van der Waals surface area contributed by atoms with Gasteiger partial charge in [0, 0.05) is 17.6 Å². The van der Waals surface area contributed by atoms with E-state index in [0.717, 1.165) is 33.4 Å². The summed E-state index contributed by atoms with van der Waals surface area (Å²) in [5.41, 5.74) is 1.23. The number of nitrogens with one attached hydrogen (secondary N) is 1. The van der Waals surface area contributed by atoms with Crippen molar-refractivity contribution in [3.63, 3.8) is 0 Å². The largest absolute Gasteiger partial charge is 0.354 e. The molecule has 174 valence electrons. The van der Waals surface area contributed by atoms with Crippen molar-refractivity contribution >= 4 is 43.5 Å². The second kappa shape index (κ2) is 12.0. The summed E-state index contributed by atoms with van der Waals surface area (Å²) in [5.74, 6) is -0.724. The summed E-state index contributed by atoms with van der Waals surface area (Å²) in [6.45, 7) is 4.01. The fraction of sp³-hybridized carbons (Fsp3) is 0.391. The van der Waals surface area contributed by atoms with E-state index in [4.69, 9.17) is 0 Å². The number of carbonyl (C=O) groups excluding carboxylic acids is 2. The lowest BCUT2D eigenvalue weighted by molar-refractivity contribution is -0.139. The van der Waals surface area contributed by atoms with Crippen LogP contribution in [0.4, 0.5) is 5.69 Å². The summed E-state index contributed by atoms with van der Waals surface area (Å²) in [7, 11) is -3.73. The second-order valence-electron chi connectivity index (χ2n) is 7.57. The van der Waals surface area contributed by atoms with Crippen LogP contribution in [0.15, 0.2) is 59.1 Å². The minimum Gasteiger partial charge on any atom is -0.354 e. The SMILES string of the molecule is CCCCNC(=O)[C@@H](C)N(Cc1ccccc1)C(=O)CN(c1ccc(Br)cc1)S(C)(=O)=O. The highest BCUT2D eigenvalue weighted by atomic mass is 79.9. The zero-order chi connectivity index (χ0) is 23.7. The topological polar surface area (TPSA) is 86.8 Å². The number of rotatable bonds is 11. The fourth-order valence-electron chi connectivity index (χ4n) is 3.12. The predicted octanol–water partition coefficient (Wildman–Crippen LogP) is 3.55. The van der Waals surface area contributed by atoms with Gasteiger partial charge in [0.2, 0.25) is 21.8 Å². The number of unbranched alkanes of at least 4 members (excludes halogenated alkanes) is 1. The van der Waals surface area contributed by atoms with Gasteiger partial charge in [0.05, 0.1) is 11.9 Å². The first kappa shape index (κ1) is 25.9. The predicted molar refractivity (Wildman–Crippen MR) is 131 cm³/mol. The first-order valence-electron chi connectivity index (χ1n) is 10.5. The van der Waals surface area contributed by atoms with E-state index in [1.54, 1.807) is 31.2 Å². The van der Waals surface area contributed by atoms with Gasteiger partial charge >= 0.3 is 0 Å². The minimum absolute atomic E-state index is 0.194. The Balaban J connectivity index is 2.30. The molecular formula is C23H30BrN3O4S. The Labute approximate surface area is 199 Å². The Morgan fingerprint density at radius 1 is 1.06 bits per heavy atom. The third kappa shape index (κ3) is 7.63. The highest BCUT2D eigenvalue weighted by Gasteiger charge is 2.29. The van der Waals surface area contributed by atoms with Gasteiger partial charge in [0.25, 0.3) is 0 Å². The number of hydrogen-bond donors (Lipinski definition) is 1. The molecule has 2 aromatic rings. The Morgan fingerprint density at radius 2 is 1.69 bits per heavy atom. The summed E-state index contributed by atoms with van der Waals surface area (Å²) >= 11 is 3.33. The van der Waals surface area contributed by atoms with E-state index in [0.29, 0.717) is 12.2 Å². The minimum atomic E-state index is -3.73. The van der Waals surface area contributed by atoms with Crippen molar-refractivity contribution in [2.75, 3.05) is 23.7 Å². The van der Waals surface area contributed by atoms with Crippen LogP contribution in [0.2, 0.25) is 0 Å². The molecule has 0 heterocycles. The highest BCUT2D eigenvalue weighted by Crippen LogP contribution is 2.21. The average Bonchev–Trinajstić information content (AvgIpc) is 2.76. The lowest BCUT2D eigenvalue weighted by Gasteiger charge is -2.31. The number of carbonyl (C=O) groups is 2. The summed E-state index contributed by atoms with van der Waals surface area (Å²) in [6.07, 6.45) is 2.85. The molecule has 0 aliphatic heterocycles. The van der Waals surface area contributed by atoms with Crippen LogP contribution in [0.3, 0.4) is 0 Å². The second-order valence-corrected chi connectivity index (χ2v) is 10.4. The Bertz CT molecular complexity index is 998. The number of nitrogens with zero attached hydrogens (tertiary/aromatic N) is 2. The van der Waals surface area contributed by atoms with E-state index in [2.05, 4.69) is 21.2 Å². The normalized spacial score (nSPS) is 12.1. The molecule has 0 bridgehead atoms. The Kier molecular flexibility index (Phi) is 9.71. The zero-order valence-corrected chi connectivity index (χ0v) is 21.0. The van der Waals surface area contributed by atoms with Gasteiger partial charge in [-0.2, -0.15) is 0 Å². The van der Waals surface area contributed by atoms with Gasteiger partial charge in [-0.05, 0) is 43.2 Å². The van der Waals surface area contributed by atoms with Gasteiger partial charge in [-0.1, -0.05) is 59.6 Å². The molecule has 32 heavy (non-hydrogen) atoms. The van der Waals surface area contributed by atoms with Gasteiger partial charge in [-0.25, -0.2) is 8.42 Å². The molecule has 7 nitrogen and oxygen atoms in total. The van der Waals surface area contributed by atoms with Crippen LogP contribution in [-0.4, -0.2) is 50.5 Å². The van der Waals surface area contributed by atoms with Crippen molar-refractivity contribution in [3.8, 4) is 0 Å². The maximum atomic E-state index is 13.4. The number of amides is 2. The van der Waals surface area contributed by atoms with Crippen LogP contribution in [0.1, 0.15) is 32.3 Å². The molecule has 1 N–H and O–H groups in total. The van der Waals surface area contributed by atoms with Crippen molar-refractivity contribution in [1.82, 2.24) is 10.2 Å². The Hall–Kier alpha value is -2.39. The molecule has 0 aliphatic rings. The van der Waals surface area contributed by atoms with Gasteiger partial charge in [-0.3, -0.25) is 13.9 Å². The van der Waals surface area contributed by atoms with Crippen molar-refractivity contribution in [2.24, 2.45) is 0 Å². The molecule has 0 aliphatic carbocycles. The maximum absolute atomic E-state index is 13.4. The van der Waals surface area contributed by atoms with E-state index < -0.39 is 28.5 Å². The first-order chi connectivity index (χ1) is 15.1. The van der Waals surface area contributed by atoms with E-state index in [1.807, 2.05) is 37.3 Å².